The van der Waals surface area contributed by atoms with E-state index in [1.807, 2.05) is 54.6 Å². The van der Waals surface area contributed by atoms with E-state index >= 15 is 0 Å². The molecule has 3 aromatic carbocycles. The van der Waals surface area contributed by atoms with Crippen LogP contribution >= 0.6 is 0 Å². The van der Waals surface area contributed by atoms with Crippen LogP contribution in [0.5, 0.6) is 0 Å². The molecule has 0 heterocycles. The molecule has 1 aliphatic rings. The lowest BCUT2D eigenvalue weighted by molar-refractivity contribution is -0.141. The number of alkyl carbamates (subject to hydrolysis) is 1. The number of benzene rings is 3. The van der Waals surface area contributed by atoms with Crippen LogP contribution in [0.2, 0.25) is 0 Å². The van der Waals surface area contributed by atoms with Crippen LogP contribution < -0.4 is 5.32 Å². The first kappa shape index (κ1) is 19.7. The van der Waals surface area contributed by atoms with Crippen molar-refractivity contribution in [2.24, 2.45) is 5.92 Å². The standard InChI is InChI=1S/C25H23NO4/c27-24(28)18(14-17-8-2-1-3-9-17)15-26-25(29)30-16-23-21-12-6-4-10-19(21)20-11-5-7-13-22(20)23/h1-13,18,23H,14-16H2,(H,26,29)(H,27,28)/t18-/m1/s1. The lowest BCUT2D eigenvalue weighted by atomic mass is 9.98. The minimum Gasteiger partial charge on any atom is -0.481 e. The van der Waals surface area contributed by atoms with Gasteiger partial charge in [0.2, 0.25) is 0 Å². The molecule has 5 nitrogen and oxygen atoms in total. The van der Waals surface area contributed by atoms with E-state index in [1.54, 1.807) is 0 Å². The third-order valence-corrected chi connectivity index (χ3v) is 5.51. The fraction of sp³-hybridized carbons (Fsp3) is 0.200. The highest BCUT2D eigenvalue weighted by Crippen LogP contribution is 2.44. The number of amides is 1. The number of ether oxygens (including phenoxy) is 1. The van der Waals surface area contributed by atoms with Gasteiger partial charge >= 0.3 is 12.1 Å². The molecule has 0 saturated carbocycles. The van der Waals surface area contributed by atoms with Crippen LogP contribution in [0.25, 0.3) is 11.1 Å². The Balaban J connectivity index is 1.36. The monoisotopic (exact) mass is 401 g/mol. The second-order valence-electron chi connectivity index (χ2n) is 7.43. The first-order chi connectivity index (χ1) is 14.6. The molecule has 0 bridgehead atoms. The summed E-state index contributed by atoms with van der Waals surface area (Å²) in [6, 6.07) is 25.6. The zero-order chi connectivity index (χ0) is 20.9. The lowest BCUT2D eigenvalue weighted by Crippen LogP contribution is -2.35. The number of carboxylic acids is 1. The fourth-order valence-electron chi connectivity index (χ4n) is 4.00. The smallest absolute Gasteiger partial charge is 0.407 e. The van der Waals surface area contributed by atoms with Crippen molar-refractivity contribution in [2.75, 3.05) is 13.2 Å². The van der Waals surface area contributed by atoms with E-state index in [9.17, 15) is 14.7 Å². The highest BCUT2D eigenvalue weighted by atomic mass is 16.5. The second-order valence-corrected chi connectivity index (χ2v) is 7.43. The molecule has 30 heavy (non-hydrogen) atoms. The summed E-state index contributed by atoms with van der Waals surface area (Å²) < 4.78 is 5.48. The summed E-state index contributed by atoms with van der Waals surface area (Å²) in [5.74, 6) is -1.69. The molecule has 152 valence electrons. The molecule has 0 unspecified atom stereocenters. The summed E-state index contributed by atoms with van der Waals surface area (Å²) in [5, 5.41) is 12.1. The van der Waals surface area contributed by atoms with E-state index in [0.717, 1.165) is 27.8 Å². The Labute approximate surface area is 175 Å². The van der Waals surface area contributed by atoms with E-state index in [1.165, 1.54) is 0 Å². The van der Waals surface area contributed by atoms with Gasteiger partial charge < -0.3 is 15.2 Å². The van der Waals surface area contributed by atoms with Crippen molar-refractivity contribution in [3.63, 3.8) is 0 Å². The van der Waals surface area contributed by atoms with Crippen LogP contribution in [-0.2, 0) is 16.0 Å². The molecule has 0 fully saturated rings. The van der Waals surface area contributed by atoms with Crippen molar-refractivity contribution >= 4 is 12.1 Å². The molecular formula is C25H23NO4. The predicted octanol–water partition coefficient (Wildman–Crippen LogP) is 4.47. The largest absolute Gasteiger partial charge is 0.481 e. The van der Waals surface area contributed by atoms with Gasteiger partial charge in [-0.25, -0.2) is 4.79 Å². The molecule has 0 spiro atoms. The van der Waals surface area contributed by atoms with Crippen LogP contribution in [-0.4, -0.2) is 30.3 Å². The summed E-state index contributed by atoms with van der Waals surface area (Å²) in [6.07, 6.45) is -0.254. The van der Waals surface area contributed by atoms with Crippen molar-refractivity contribution in [3.8, 4) is 11.1 Å². The molecule has 1 aliphatic carbocycles. The van der Waals surface area contributed by atoms with Gasteiger partial charge in [0, 0.05) is 12.5 Å². The average molecular weight is 401 g/mol. The van der Waals surface area contributed by atoms with Crippen molar-refractivity contribution in [2.45, 2.75) is 12.3 Å². The number of aliphatic carboxylic acids is 1. The average Bonchev–Trinajstić information content (AvgIpc) is 3.09. The minimum atomic E-state index is -0.946. The molecule has 0 aromatic heterocycles. The molecule has 3 aromatic rings. The normalized spacial score (nSPS) is 13.2. The first-order valence-corrected chi connectivity index (χ1v) is 9.99. The quantitative estimate of drug-likeness (QED) is 0.613. The molecule has 0 radical (unpaired) electrons. The number of carboxylic acid groups (broad SMARTS) is 1. The molecule has 5 heteroatoms. The van der Waals surface area contributed by atoms with Crippen LogP contribution in [0.15, 0.2) is 78.9 Å². The Morgan fingerprint density at radius 2 is 1.43 bits per heavy atom. The van der Waals surface area contributed by atoms with Gasteiger partial charge in [0.05, 0.1) is 5.92 Å². The van der Waals surface area contributed by atoms with Gasteiger partial charge in [-0.05, 0) is 34.2 Å². The molecule has 0 saturated heterocycles. The highest BCUT2D eigenvalue weighted by Gasteiger charge is 2.29. The third-order valence-electron chi connectivity index (χ3n) is 5.51. The van der Waals surface area contributed by atoms with Gasteiger partial charge in [0.1, 0.15) is 6.61 Å². The Morgan fingerprint density at radius 1 is 0.867 bits per heavy atom. The molecular weight excluding hydrogens is 378 g/mol. The fourth-order valence-corrected chi connectivity index (χ4v) is 4.00. The number of fused-ring (bicyclic) bond motifs is 3. The van der Waals surface area contributed by atoms with E-state index in [2.05, 4.69) is 29.6 Å². The SMILES string of the molecule is O=C(NC[C@@H](Cc1ccccc1)C(=O)O)OCC1c2ccccc2-c2ccccc21. The maximum Gasteiger partial charge on any atom is 0.407 e. The van der Waals surface area contributed by atoms with Crippen molar-refractivity contribution in [1.29, 1.82) is 0 Å². The van der Waals surface area contributed by atoms with Crippen LogP contribution in [0, 0.1) is 5.92 Å². The third kappa shape index (κ3) is 4.20. The van der Waals surface area contributed by atoms with Crippen LogP contribution in [0.1, 0.15) is 22.6 Å². The van der Waals surface area contributed by atoms with Crippen molar-refractivity contribution in [3.05, 3.63) is 95.6 Å². The maximum atomic E-state index is 12.3. The summed E-state index contributed by atoms with van der Waals surface area (Å²) in [7, 11) is 0. The summed E-state index contributed by atoms with van der Waals surface area (Å²) in [6.45, 7) is 0.219. The number of carbonyl (C=O) groups excluding carboxylic acids is 1. The second kappa shape index (κ2) is 8.82. The van der Waals surface area contributed by atoms with Crippen molar-refractivity contribution < 1.29 is 19.4 Å². The van der Waals surface area contributed by atoms with E-state index in [4.69, 9.17) is 4.74 Å². The highest BCUT2D eigenvalue weighted by molar-refractivity contribution is 5.79. The summed E-state index contributed by atoms with van der Waals surface area (Å²) in [4.78, 5) is 23.8. The van der Waals surface area contributed by atoms with Crippen molar-refractivity contribution in [1.82, 2.24) is 5.32 Å². The Morgan fingerprint density at radius 3 is 2.03 bits per heavy atom. The Kier molecular flexibility index (Phi) is 5.80. The lowest BCUT2D eigenvalue weighted by Gasteiger charge is -2.16. The zero-order valence-corrected chi connectivity index (χ0v) is 16.5. The Bertz CT molecular complexity index is 1000. The van der Waals surface area contributed by atoms with E-state index in [-0.39, 0.29) is 19.1 Å². The van der Waals surface area contributed by atoms with E-state index in [0.29, 0.717) is 6.42 Å². The molecule has 4 rings (SSSR count). The number of rotatable bonds is 7. The van der Waals surface area contributed by atoms with Gasteiger partial charge in [0.25, 0.3) is 0 Å². The zero-order valence-electron chi connectivity index (χ0n) is 16.5. The molecule has 0 aliphatic heterocycles. The number of hydrogen-bond donors (Lipinski definition) is 2. The first-order valence-electron chi connectivity index (χ1n) is 9.99. The van der Waals surface area contributed by atoms with Gasteiger partial charge in [-0.15, -0.1) is 0 Å². The molecule has 1 atom stereocenters. The molecule has 1 amide bonds. The number of nitrogens with one attached hydrogen (secondary N) is 1. The Hall–Kier alpha value is -3.60. The van der Waals surface area contributed by atoms with Gasteiger partial charge in [-0.1, -0.05) is 78.9 Å². The maximum absolute atomic E-state index is 12.3. The van der Waals surface area contributed by atoms with Gasteiger partial charge in [0.15, 0.2) is 0 Å². The number of carbonyl (C=O) groups is 2. The van der Waals surface area contributed by atoms with E-state index < -0.39 is 18.0 Å². The topological polar surface area (TPSA) is 75.6 Å². The summed E-state index contributed by atoms with van der Waals surface area (Å²) in [5.41, 5.74) is 5.52. The minimum absolute atomic E-state index is 0.0148. The number of hydrogen-bond acceptors (Lipinski definition) is 3. The predicted molar refractivity (Wildman–Crippen MR) is 114 cm³/mol. The molecule has 2 N–H and O–H groups in total. The van der Waals surface area contributed by atoms with Crippen LogP contribution in [0.3, 0.4) is 0 Å². The van der Waals surface area contributed by atoms with Crippen LogP contribution in [0.4, 0.5) is 4.79 Å². The van der Waals surface area contributed by atoms with Gasteiger partial charge in [-0.2, -0.15) is 0 Å². The van der Waals surface area contributed by atoms with Gasteiger partial charge in [-0.3, -0.25) is 4.79 Å². The summed E-state index contributed by atoms with van der Waals surface area (Å²) >= 11 is 0.